The third-order valence-electron chi connectivity index (χ3n) is 4.19. The quantitative estimate of drug-likeness (QED) is 0.875. The van der Waals surface area contributed by atoms with Gasteiger partial charge < -0.3 is 0 Å². The second kappa shape index (κ2) is 7.35. The van der Waals surface area contributed by atoms with Gasteiger partial charge >= 0.3 is 0 Å². The van der Waals surface area contributed by atoms with E-state index in [1.54, 1.807) is 30.5 Å². The second-order valence-corrected chi connectivity index (χ2v) is 5.78. The third kappa shape index (κ3) is 3.57. The Labute approximate surface area is 136 Å². The molecular weight excluding hydrogens is 290 g/mol. The molecule has 1 aromatic carbocycles. The zero-order chi connectivity index (χ0) is 16.1. The number of nitrogens with zero attached hydrogens (tertiary/aromatic N) is 3. The normalized spacial score (nSPS) is 15.6. The zero-order valence-corrected chi connectivity index (χ0v) is 13.0. The number of amides is 1. The van der Waals surface area contributed by atoms with Crippen molar-refractivity contribution < 1.29 is 10.0 Å². The van der Waals surface area contributed by atoms with Crippen molar-refractivity contribution in [1.82, 2.24) is 10.2 Å². The lowest BCUT2D eigenvalue weighted by molar-refractivity contribution is -0.137. The minimum Gasteiger partial charge on any atom is -0.294 e. The third-order valence-corrected chi connectivity index (χ3v) is 4.19. The molecule has 1 aliphatic rings. The van der Waals surface area contributed by atoms with E-state index in [0.717, 1.165) is 30.9 Å². The average molecular weight is 311 g/mol. The van der Waals surface area contributed by atoms with Gasteiger partial charge in [0.05, 0.1) is 6.04 Å². The Hall–Kier alpha value is -2.24. The van der Waals surface area contributed by atoms with Crippen LogP contribution in [0.15, 0.2) is 54.7 Å². The molecular formula is C18H21N3O2. The molecule has 1 aliphatic carbocycles. The molecule has 0 bridgehead atoms. The second-order valence-electron chi connectivity index (χ2n) is 5.78. The number of hydrazine groups is 1. The highest BCUT2D eigenvalue weighted by atomic mass is 16.6. The average Bonchev–Trinajstić information content (AvgIpc) is 2.64. The Balaban J connectivity index is 1.92. The van der Waals surface area contributed by atoms with Gasteiger partial charge in [-0.05, 0) is 37.1 Å². The molecule has 23 heavy (non-hydrogen) atoms. The number of rotatable bonds is 4. The van der Waals surface area contributed by atoms with Crippen LogP contribution in [0, 0.1) is 0 Å². The smallest absolute Gasteiger partial charge is 0.276 e. The first-order valence-electron chi connectivity index (χ1n) is 8.06. The first-order chi connectivity index (χ1) is 11.3. The predicted molar refractivity (Wildman–Crippen MR) is 88.0 cm³/mol. The number of hydroxylamine groups is 1. The van der Waals surface area contributed by atoms with Crippen LogP contribution in [-0.2, 0) is 0 Å². The fourth-order valence-electron chi connectivity index (χ4n) is 2.96. The SMILES string of the molecule is O=C(c1ccccc1)N(c1ccccn1)N(O)C1CCCCC1. The number of anilines is 1. The molecule has 0 aliphatic heterocycles. The summed E-state index contributed by atoms with van der Waals surface area (Å²) in [5.74, 6) is 0.145. The summed E-state index contributed by atoms with van der Waals surface area (Å²) in [6.07, 6.45) is 6.69. The Morgan fingerprint density at radius 3 is 2.35 bits per heavy atom. The van der Waals surface area contributed by atoms with Crippen molar-refractivity contribution >= 4 is 11.7 Å². The van der Waals surface area contributed by atoms with Crippen molar-refractivity contribution in [1.29, 1.82) is 0 Å². The summed E-state index contributed by atoms with van der Waals surface area (Å²) in [5.41, 5.74) is 0.521. The molecule has 5 heteroatoms. The fraction of sp³-hybridized carbons (Fsp3) is 0.333. The Morgan fingerprint density at radius 1 is 1.00 bits per heavy atom. The summed E-state index contributed by atoms with van der Waals surface area (Å²) in [4.78, 5) is 17.2. The molecule has 0 unspecified atom stereocenters. The predicted octanol–water partition coefficient (Wildman–Crippen LogP) is 3.67. The molecule has 0 saturated heterocycles. The first-order valence-corrected chi connectivity index (χ1v) is 8.06. The summed E-state index contributed by atoms with van der Waals surface area (Å²) in [5, 5.41) is 13.1. The fourth-order valence-corrected chi connectivity index (χ4v) is 2.96. The van der Waals surface area contributed by atoms with Crippen LogP contribution in [0.4, 0.5) is 5.82 Å². The van der Waals surface area contributed by atoms with Crippen LogP contribution in [0.2, 0.25) is 0 Å². The molecule has 3 rings (SSSR count). The van der Waals surface area contributed by atoms with Gasteiger partial charge in [-0.15, -0.1) is 0 Å². The van der Waals surface area contributed by atoms with Crippen LogP contribution in [0.25, 0.3) is 0 Å². The van der Waals surface area contributed by atoms with E-state index in [0.29, 0.717) is 11.4 Å². The van der Waals surface area contributed by atoms with Crippen LogP contribution < -0.4 is 5.01 Å². The van der Waals surface area contributed by atoms with Gasteiger partial charge in [0.2, 0.25) is 0 Å². The maximum Gasteiger partial charge on any atom is 0.276 e. The van der Waals surface area contributed by atoms with Gasteiger partial charge in [0.25, 0.3) is 5.91 Å². The molecule has 0 atom stereocenters. The monoisotopic (exact) mass is 311 g/mol. The lowest BCUT2D eigenvalue weighted by Gasteiger charge is -2.36. The van der Waals surface area contributed by atoms with Gasteiger partial charge in [-0.25, -0.2) is 4.98 Å². The van der Waals surface area contributed by atoms with E-state index in [9.17, 15) is 10.0 Å². The highest BCUT2D eigenvalue weighted by molar-refractivity contribution is 6.04. The number of hydrogen-bond acceptors (Lipinski definition) is 4. The summed E-state index contributed by atoms with van der Waals surface area (Å²) >= 11 is 0. The van der Waals surface area contributed by atoms with Crippen LogP contribution in [0.3, 0.4) is 0 Å². The molecule has 1 saturated carbocycles. The highest BCUT2D eigenvalue weighted by Crippen LogP contribution is 2.25. The largest absolute Gasteiger partial charge is 0.294 e. The van der Waals surface area contributed by atoms with E-state index < -0.39 is 0 Å². The number of carbonyl (C=O) groups excluding carboxylic acids is 1. The maximum atomic E-state index is 12.9. The van der Waals surface area contributed by atoms with E-state index in [1.165, 1.54) is 11.4 Å². The Kier molecular flexibility index (Phi) is 5.00. The van der Waals surface area contributed by atoms with Crippen LogP contribution in [0.5, 0.6) is 0 Å². The van der Waals surface area contributed by atoms with Crippen molar-refractivity contribution in [3.63, 3.8) is 0 Å². The van der Waals surface area contributed by atoms with Crippen molar-refractivity contribution in [3.8, 4) is 0 Å². The molecule has 1 aromatic heterocycles. The van der Waals surface area contributed by atoms with Crippen molar-refractivity contribution in [2.75, 3.05) is 5.01 Å². The highest BCUT2D eigenvalue weighted by Gasteiger charge is 2.31. The summed E-state index contributed by atoms with van der Waals surface area (Å²) in [6.45, 7) is 0. The van der Waals surface area contributed by atoms with Gasteiger partial charge in [-0.2, -0.15) is 5.01 Å². The summed E-state index contributed by atoms with van der Waals surface area (Å²) in [6, 6.07) is 14.2. The van der Waals surface area contributed by atoms with E-state index in [2.05, 4.69) is 4.98 Å². The van der Waals surface area contributed by atoms with Gasteiger partial charge in [0, 0.05) is 11.8 Å². The van der Waals surface area contributed by atoms with Gasteiger partial charge in [0.1, 0.15) is 0 Å². The molecule has 1 fully saturated rings. The standard InChI is InChI=1S/C18H21N3O2/c22-18(15-9-3-1-4-10-15)20(17-13-7-8-14-19-17)21(23)16-11-5-2-6-12-16/h1,3-4,7-10,13-14,16,23H,2,5-6,11-12H2. The van der Waals surface area contributed by atoms with Crippen molar-refractivity contribution in [3.05, 3.63) is 60.3 Å². The zero-order valence-electron chi connectivity index (χ0n) is 13.0. The van der Waals surface area contributed by atoms with Crippen LogP contribution >= 0.6 is 0 Å². The minimum absolute atomic E-state index is 0.0570. The van der Waals surface area contributed by atoms with E-state index >= 15 is 0 Å². The molecule has 0 radical (unpaired) electrons. The molecule has 1 heterocycles. The molecule has 0 spiro atoms. The number of hydrogen-bond donors (Lipinski definition) is 1. The Bertz CT molecular complexity index is 627. The van der Waals surface area contributed by atoms with E-state index in [-0.39, 0.29) is 11.9 Å². The van der Waals surface area contributed by atoms with Gasteiger partial charge in [-0.3, -0.25) is 10.0 Å². The van der Waals surface area contributed by atoms with Crippen molar-refractivity contribution in [2.45, 2.75) is 38.1 Å². The molecule has 2 aromatic rings. The van der Waals surface area contributed by atoms with Crippen LogP contribution in [-0.4, -0.2) is 27.3 Å². The number of aromatic nitrogens is 1. The summed E-state index contributed by atoms with van der Waals surface area (Å²) < 4.78 is 0. The Morgan fingerprint density at radius 2 is 1.70 bits per heavy atom. The van der Waals surface area contributed by atoms with Gasteiger partial charge in [0.15, 0.2) is 5.82 Å². The molecule has 120 valence electrons. The number of carbonyl (C=O) groups is 1. The molecule has 1 amide bonds. The number of benzene rings is 1. The molecule has 1 N–H and O–H groups in total. The van der Waals surface area contributed by atoms with E-state index in [4.69, 9.17) is 0 Å². The first kappa shape index (κ1) is 15.6. The van der Waals surface area contributed by atoms with Gasteiger partial charge in [-0.1, -0.05) is 48.7 Å². The maximum absolute atomic E-state index is 12.9. The van der Waals surface area contributed by atoms with Crippen LogP contribution in [0.1, 0.15) is 42.5 Å². The number of pyridine rings is 1. The van der Waals surface area contributed by atoms with Crippen molar-refractivity contribution in [2.24, 2.45) is 0 Å². The summed E-state index contributed by atoms with van der Waals surface area (Å²) in [7, 11) is 0. The minimum atomic E-state index is -0.280. The molecule has 5 nitrogen and oxygen atoms in total. The lowest BCUT2D eigenvalue weighted by Crippen LogP contribution is -2.51. The lowest BCUT2D eigenvalue weighted by atomic mass is 9.96. The topological polar surface area (TPSA) is 56.7 Å². The van der Waals surface area contributed by atoms with E-state index in [1.807, 2.05) is 24.3 Å².